The summed E-state index contributed by atoms with van der Waals surface area (Å²) in [5, 5.41) is 0. The third-order valence-electron chi connectivity index (χ3n) is 2.73. The van der Waals surface area contributed by atoms with Gasteiger partial charge in [0.05, 0.1) is 18.6 Å². The SMILES string of the molecule is COC1=CCCN(S(=O)(=O)c2ccccc2)C1. The first kappa shape index (κ1) is 12.1. The quantitative estimate of drug-likeness (QED) is 0.822. The molecule has 2 rings (SSSR count). The lowest BCUT2D eigenvalue weighted by atomic mass is 10.3. The van der Waals surface area contributed by atoms with E-state index in [4.69, 9.17) is 4.74 Å². The molecule has 0 radical (unpaired) electrons. The van der Waals surface area contributed by atoms with Gasteiger partial charge in [-0.1, -0.05) is 18.2 Å². The number of benzene rings is 1. The van der Waals surface area contributed by atoms with Gasteiger partial charge in [-0.25, -0.2) is 8.42 Å². The Balaban J connectivity index is 2.26. The van der Waals surface area contributed by atoms with Gasteiger partial charge >= 0.3 is 0 Å². The Hall–Kier alpha value is -1.33. The highest BCUT2D eigenvalue weighted by atomic mass is 32.2. The van der Waals surface area contributed by atoms with E-state index in [0.717, 1.165) is 0 Å². The van der Waals surface area contributed by atoms with Crippen molar-refractivity contribution in [2.75, 3.05) is 20.2 Å². The van der Waals surface area contributed by atoms with Crippen LogP contribution in [0.1, 0.15) is 6.42 Å². The van der Waals surface area contributed by atoms with E-state index in [2.05, 4.69) is 0 Å². The van der Waals surface area contributed by atoms with Crippen LogP contribution in [0, 0.1) is 0 Å². The molecule has 0 aliphatic carbocycles. The lowest BCUT2D eigenvalue weighted by molar-refractivity contribution is 0.245. The van der Waals surface area contributed by atoms with E-state index in [0.29, 0.717) is 30.2 Å². The zero-order valence-electron chi connectivity index (χ0n) is 9.67. The van der Waals surface area contributed by atoms with E-state index in [-0.39, 0.29) is 0 Å². The van der Waals surface area contributed by atoms with Crippen molar-refractivity contribution in [1.82, 2.24) is 4.31 Å². The summed E-state index contributed by atoms with van der Waals surface area (Å²) in [6, 6.07) is 8.48. The smallest absolute Gasteiger partial charge is 0.243 e. The molecule has 0 aromatic heterocycles. The normalized spacial score (nSPS) is 17.6. The van der Waals surface area contributed by atoms with Gasteiger partial charge in [-0.15, -0.1) is 0 Å². The van der Waals surface area contributed by atoms with E-state index in [1.807, 2.05) is 6.08 Å². The van der Waals surface area contributed by atoms with Gasteiger partial charge in [0.25, 0.3) is 0 Å². The Morgan fingerprint density at radius 2 is 1.94 bits per heavy atom. The predicted molar refractivity (Wildman–Crippen MR) is 64.9 cm³/mol. The molecule has 1 aromatic carbocycles. The molecule has 4 nitrogen and oxygen atoms in total. The van der Waals surface area contributed by atoms with E-state index in [9.17, 15) is 8.42 Å². The first-order valence-electron chi connectivity index (χ1n) is 5.43. The standard InChI is InChI=1S/C12H15NO3S/c1-16-11-6-5-9-13(10-11)17(14,15)12-7-3-2-4-8-12/h2-4,6-8H,5,9-10H2,1H3. The molecule has 17 heavy (non-hydrogen) atoms. The van der Waals surface area contributed by atoms with Gasteiger partial charge in [0, 0.05) is 6.54 Å². The molecule has 0 unspecified atom stereocenters. The van der Waals surface area contributed by atoms with Crippen molar-refractivity contribution in [2.45, 2.75) is 11.3 Å². The minimum atomic E-state index is -3.39. The maximum Gasteiger partial charge on any atom is 0.243 e. The van der Waals surface area contributed by atoms with Crippen LogP contribution in [0.4, 0.5) is 0 Å². The first-order valence-corrected chi connectivity index (χ1v) is 6.87. The van der Waals surface area contributed by atoms with E-state index in [1.54, 1.807) is 37.4 Å². The van der Waals surface area contributed by atoms with Crippen LogP contribution < -0.4 is 0 Å². The molecule has 0 bridgehead atoms. The maximum atomic E-state index is 12.3. The molecule has 0 atom stereocenters. The number of ether oxygens (including phenoxy) is 1. The second-order valence-electron chi connectivity index (χ2n) is 3.81. The van der Waals surface area contributed by atoms with Gasteiger partial charge < -0.3 is 4.74 Å². The minimum Gasteiger partial charge on any atom is -0.500 e. The molecule has 5 heteroatoms. The zero-order chi connectivity index (χ0) is 12.3. The molecule has 92 valence electrons. The summed E-state index contributed by atoms with van der Waals surface area (Å²) < 4.78 is 31.1. The third kappa shape index (κ3) is 2.50. The van der Waals surface area contributed by atoms with Crippen LogP contribution in [0.25, 0.3) is 0 Å². The van der Waals surface area contributed by atoms with Crippen LogP contribution in [-0.4, -0.2) is 32.9 Å². The first-order chi connectivity index (χ1) is 8.14. The van der Waals surface area contributed by atoms with Gasteiger partial charge in [-0.3, -0.25) is 0 Å². The predicted octanol–water partition coefficient (Wildman–Crippen LogP) is 1.61. The molecule has 1 aromatic rings. The summed E-state index contributed by atoms with van der Waals surface area (Å²) in [6.07, 6.45) is 2.62. The van der Waals surface area contributed by atoms with Crippen LogP contribution in [-0.2, 0) is 14.8 Å². The number of sulfonamides is 1. The van der Waals surface area contributed by atoms with E-state index < -0.39 is 10.0 Å². The molecular formula is C12H15NO3S. The second-order valence-corrected chi connectivity index (χ2v) is 5.75. The van der Waals surface area contributed by atoms with Gasteiger partial charge in [0.2, 0.25) is 10.0 Å². The van der Waals surface area contributed by atoms with Crippen molar-refractivity contribution >= 4 is 10.0 Å². The van der Waals surface area contributed by atoms with Gasteiger partial charge in [-0.2, -0.15) is 4.31 Å². The van der Waals surface area contributed by atoms with Crippen LogP contribution in [0.5, 0.6) is 0 Å². The molecular weight excluding hydrogens is 238 g/mol. The second kappa shape index (κ2) is 4.89. The zero-order valence-corrected chi connectivity index (χ0v) is 10.5. The molecule has 1 aliphatic rings. The Morgan fingerprint density at radius 1 is 1.24 bits per heavy atom. The average molecular weight is 253 g/mol. The van der Waals surface area contributed by atoms with Gasteiger partial charge in [-0.05, 0) is 24.6 Å². The van der Waals surface area contributed by atoms with Crippen molar-refractivity contribution in [3.8, 4) is 0 Å². The Morgan fingerprint density at radius 3 is 2.59 bits per heavy atom. The van der Waals surface area contributed by atoms with Crippen LogP contribution in [0.15, 0.2) is 47.1 Å². The van der Waals surface area contributed by atoms with Crippen molar-refractivity contribution in [2.24, 2.45) is 0 Å². The van der Waals surface area contributed by atoms with E-state index in [1.165, 1.54) is 4.31 Å². The summed E-state index contributed by atoms with van der Waals surface area (Å²) in [7, 11) is -1.83. The number of methoxy groups -OCH3 is 1. The van der Waals surface area contributed by atoms with E-state index >= 15 is 0 Å². The number of rotatable bonds is 3. The Kier molecular flexibility index (Phi) is 3.49. The summed E-state index contributed by atoms with van der Waals surface area (Å²) >= 11 is 0. The van der Waals surface area contributed by atoms with Crippen LogP contribution >= 0.6 is 0 Å². The summed E-state index contributed by atoms with van der Waals surface area (Å²) in [5.74, 6) is 0.704. The summed E-state index contributed by atoms with van der Waals surface area (Å²) in [5.41, 5.74) is 0. The molecule has 0 amide bonds. The Labute approximate surface area is 102 Å². The van der Waals surface area contributed by atoms with Crippen LogP contribution in [0.2, 0.25) is 0 Å². The van der Waals surface area contributed by atoms with Gasteiger partial charge in [0.1, 0.15) is 5.76 Å². The molecule has 0 fully saturated rings. The Bertz CT molecular complexity index is 508. The molecule has 0 N–H and O–H groups in total. The summed E-state index contributed by atoms with van der Waals surface area (Å²) in [4.78, 5) is 0.331. The monoisotopic (exact) mass is 253 g/mol. The number of hydrogen-bond donors (Lipinski definition) is 0. The lowest BCUT2D eigenvalue weighted by Gasteiger charge is -2.25. The largest absolute Gasteiger partial charge is 0.500 e. The molecule has 0 spiro atoms. The van der Waals surface area contributed by atoms with Crippen molar-refractivity contribution < 1.29 is 13.2 Å². The molecule has 0 saturated carbocycles. The van der Waals surface area contributed by atoms with Crippen molar-refractivity contribution in [3.63, 3.8) is 0 Å². The fraction of sp³-hybridized carbons (Fsp3) is 0.333. The van der Waals surface area contributed by atoms with Gasteiger partial charge in [0.15, 0.2) is 0 Å². The van der Waals surface area contributed by atoms with Crippen molar-refractivity contribution in [3.05, 3.63) is 42.2 Å². The maximum absolute atomic E-state index is 12.3. The fourth-order valence-corrected chi connectivity index (χ4v) is 3.22. The highest BCUT2D eigenvalue weighted by Gasteiger charge is 2.26. The number of hydrogen-bond acceptors (Lipinski definition) is 3. The third-order valence-corrected chi connectivity index (χ3v) is 4.59. The minimum absolute atomic E-state index is 0.313. The van der Waals surface area contributed by atoms with Crippen LogP contribution in [0.3, 0.4) is 0 Å². The summed E-state index contributed by atoms with van der Waals surface area (Å²) in [6.45, 7) is 0.817. The molecule has 1 heterocycles. The number of nitrogens with zero attached hydrogens (tertiary/aromatic N) is 1. The molecule has 0 saturated heterocycles. The average Bonchev–Trinajstić information content (AvgIpc) is 2.40. The molecule has 1 aliphatic heterocycles. The fourth-order valence-electron chi connectivity index (χ4n) is 1.78. The topological polar surface area (TPSA) is 46.6 Å². The highest BCUT2D eigenvalue weighted by Crippen LogP contribution is 2.20. The van der Waals surface area contributed by atoms with Crippen molar-refractivity contribution in [1.29, 1.82) is 0 Å². The highest BCUT2D eigenvalue weighted by molar-refractivity contribution is 7.89. The lowest BCUT2D eigenvalue weighted by Crippen LogP contribution is -2.36.